The molecule has 1 aliphatic heterocycles. The van der Waals surface area contributed by atoms with Crippen LogP contribution in [0.5, 0.6) is 0 Å². The van der Waals surface area contributed by atoms with Crippen LogP contribution in [0.15, 0.2) is 6.07 Å². The molecule has 0 aromatic heterocycles. The molecule has 0 bridgehead atoms. The second kappa shape index (κ2) is 9.48. The van der Waals surface area contributed by atoms with E-state index in [1.54, 1.807) is 13.8 Å². The van der Waals surface area contributed by atoms with E-state index in [-0.39, 0.29) is 26.1 Å². The quantitative estimate of drug-likeness (QED) is 0.394. The number of nitro benzene ring substituents is 2. The average Bonchev–Trinajstić information content (AvgIpc) is 3.05. The number of amides is 1. The summed E-state index contributed by atoms with van der Waals surface area (Å²) < 4.78 is 41.7. The van der Waals surface area contributed by atoms with E-state index in [0.717, 1.165) is 11.3 Å². The molecule has 1 atom stereocenters. The zero-order chi connectivity index (χ0) is 23.5. The Morgan fingerprint density at radius 2 is 1.77 bits per heavy atom. The summed E-state index contributed by atoms with van der Waals surface area (Å²) in [6.45, 7) is 5.14. The molecule has 1 unspecified atom stereocenters. The lowest BCUT2D eigenvalue weighted by molar-refractivity contribution is -0.392. The Kier molecular flexibility index (Phi) is 7.45. The normalized spacial score (nSPS) is 16.6. The average molecular weight is 446 g/mol. The fourth-order valence-corrected chi connectivity index (χ4v) is 3.97. The summed E-state index contributed by atoms with van der Waals surface area (Å²) >= 11 is 0. The second-order valence-electron chi connectivity index (χ2n) is 7.29. The van der Waals surface area contributed by atoms with E-state index in [2.05, 4.69) is 0 Å². The van der Waals surface area contributed by atoms with Crippen LogP contribution in [0.3, 0.4) is 0 Å². The Morgan fingerprint density at radius 1 is 1.16 bits per heavy atom. The first-order chi connectivity index (χ1) is 14.5. The predicted molar refractivity (Wildman–Crippen MR) is 108 cm³/mol. The summed E-state index contributed by atoms with van der Waals surface area (Å²) in [5.74, 6) is -1.16. The molecule has 1 saturated heterocycles. The summed E-state index contributed by atoms with van der Waals surface area (Å²) in [6, 6.07) is 0.308. The predicted octanol–water partition coefficient (Wildman–Crippen LogP) is 4.91. The standard InChI is InChI=1S/C19H25F3N4O5/c1-4-7-8-12-9-10-24(18(12)27)15-13(19(20,21)22)11-14(25(28)29)16(17(15)26(30)31)23(5-2)6-3/h11-12H,4-10H2,1-3H3. The van der Waals surface area contributed by atoms with Crippen molar-refractivity contribution in [2.45, 2.75) is 52.6 Å². The molecule has 172 valence electrons. The van der Waals surface area contributed by atoms with Gasteiger partial charge in [0.15, 0.2) is 5.69 Å². The Bertz CT molecular complexity index is 871. The lowest BCUT2D eigenvalue weighted by Crippen LogP contribution is -2.32. The van der Waals surface area contributed by atoms with Crippen molar-refractivity contribution in [3.63, 3.8) is 0 Å². The largest absolute Gasteiger partial charge is 0.418 e. The highest BCUT2D eigenvalue weighted by Gasteiger charge is 2.48. The maximum Gasteiger partial charge on any atom is 0.418 e. The number of nitro groups is 2. The van der Waals surface area contributed by atoms with Crippen LogP contribution in [-0.4, -0.2) is 35.4 Å². The van der Waals surface area contributed by atoms with Crippen molar-refractivity contribution in [3.8, 4) is 0 Å². The van der Waals surface area contributed by atoms with E-state index < -0.39 is 56.2 Å². The molecule has 0 spiro atoms. The Hall–Kier alpha value is -2.92. The number of carbonyl (C=O) groups excluding carboxylic acids is 1. The lowest BCUT2D eigenvalue weighted by Gasteiger charge is -2.26. The van der Waals surface area contributed by atoms with E-state index >= 15 is 0 Å². The Balaban J connectivity index is 2.88. The fourth-order valence-electron chi connectivity index (χ4n) is 3.97. The van der Waals surface area contributed by atoms with Gasteiger partial charge in [-0.25, -0.2) is 0 Å². The number of carbonyl (C=O) groups is 1. The zero-order valence-electron chi connectivity index (χ0n) is 17.6. The minimum atomic E-state index is -5.13. The maximum absolute atomic E-state index is 13.9. The molecule has 0 aliphatic carbocycles. The van der Waals surface area contributed by atoms with Gasteiger partial charge < -0.3 is 9.80 Å². The van der Waals surface area contributed by atoms with Crippen LogP contribution >= 0.6 is 0 Å². The summed E-state index contributed by atoms with van der Waals surface area (Å²) in [6.07, 6.45) is -2.90. The number of halogens is 3. The number of alkyl halides is 3. The van der Waals surface area contributed by atoms with Gasteiger partial charge in [-0.3, -0.25) is 25.0 Å². The Morgan fingerprint density at radius 3 is 2.23 bits per heavy atom. The molecule has 2 rings (SSSR count). The molecule has 0 saturated carbocycles. The minimum absolute atomic E-state index is 0.0933. The zero-order valence-corrected chi connectivity index (χ0v) is 17.6. The van der Waals surface area contributed by atoms with E-state index in [0.29, 0.717) is 18.9 Å². The van der Waals surface area contributed by atoms with Crippen LogP contribution in [0.2, 0.25) is 0 Å². The van der Waals surface area contributed by atoms with Crippen molar-refractivity contribution >= 4 is 28.7 Å². The third kappa shape index (κ3) is 4.72. The van der Waals surface area contributed by atoms with Crippen LogP contribution in [-0.2, 0) is 11.0 Å². The first-order valence-corrected chi connectivity index (χ1v) is 10.1. The second-order valence-corrected chi connectivity index (χ2v) is 7.29. The summed E-state index contributed by atoms with van der Waals surface area (Å²) in [7, 11) is 0. The van der Waals surface area contributed by atoms with E-state index in [4.69, 9.17) is 0 Å². The SMILES string of the molecule is CCCCC1CCN(c2c(C(F)(F)F)cc([N+](=O)[O-])c(N(CC)CC)c2[N+](=O)[O-])C1=O. The number of rotatable bonds is 9. The monoisotopic (exact) mass is 446 g/mol. The third-order valence-corrected chi connectivity index (χ3v) is 5.48. The Labute approximate surface area is 177 Å². The molecule has 1 aromatic carbocycles. The smallest absolute Gasteiger partial charge is 0.361 e. The van der Waals surface area contributed by atoms with Crippen LogP contribution in [0.1, 0.15) is 52.0 Å². The van der Waals surface area contributed by atoms with Crippen LogP contribution in [0.25, 0.3) is 0 Å². The minimum Gasteiger partial charge on any atom is -0.361 e. The molecule has 1 aliphatic rings. The molecular weight excluding hydrogens is 421 g/mol. The van der Waals surface area contributed by atoms with Gasteiger partial charge in [0.05, 0.1) is 15.4 Å². The molecule has 31 heavy (non-hydrogen) atoms. The van der Waals surface area contributed by atoms with E-state index in [1.165, 1.54) is 4.90 Å². The van der Waals surface area contributed by atoms with Crippen LogP contribution in [0, 0.1) is 26.1 Å². The lowest BCUT2D eigenvalue weighted by atomic mass is 10.0. The van der Waals surface area contributed by atoms with Gasteiger partial charge in [0.25, 0.3) is 5.69 Å². The highest BCUT2D eigenvalue weighted by atomic mass is 19.4. The maximum atomic E-state index is 13.9. The van der Waals surface area contributed by atoms with Gasteiger partial charge >= 0.3 is 11.9 Å². The van der Waals surface area contributed by atoms with E-state index in [1.807, 2.05) is 6.92 Å². The number of nitrogens with zero attached hydrogens (tertiary/aromatic N) is 4. The summed E-state index contributed by atoms with van der Waals surface area (Å²) in [4.78, 5) is 36.4. The number of hydrogen-bond acceptors (Lipinski definition) is 6. The summed E-state index contributed by atoms with van der Waals surface area (Å²) in [5.41, 5.74) is -5.05. The number of anilines is 2. The molecule has 1 fully saturated rings. The van der Waals surface area contributed by atoms with Crippen molar-refractivity contribution in [3.05, 3.63) is 31.9 Å². The van der Waals surface area contributed by atoms with Gasteiger partial charge in [0.1, 0.15) is 5.69 Å². The first kappa shape index (κ1) is 24.4. The van der Waals surface area contributed by atoms with E-state index in [9.17, 15) is 38.2 Å². The molecule has 1 heterocycles. The van der Waals surface area contributed by atoms with Crippen molar-refractivity contribution in [2.24, 2.45) is 5.92 Å². The molecule has 1 aromatic rings. The molecule has 9 nitrogen and oxygen atoms in total. The third-order valence-electron chi connectivity index (χ3n) is 5.48. The van der Waals surface area contributed by atoms with Crippen LogP contribution in [0.4, 0.5) is 35.9 Å². The summed E-state index contributed by atoms with van der Waals surface area (Å²) in [5, 5.41) is 23.6. The number of benzene rings is 1. The number of unbranched alkanes of at least 4 members (excludes halogenated alkanes) is 1. The van der Waals surface area contributed by atoms with Crippen molar-refractivity contribution in [1.82, 2.24) is 0 Å². The first-order valence-electron chi connectivity index (χ1n) is 10.1. The van der Waals surface area contributed by atoms with Crippen molar-refractivity contribution in [1.29, 1.82) is 0 Å². The molecule has 12 heteroatoms. The molecule has 0 radical (unpaired) electrons. The van der Waals surface area contributed by atoms with Gasteiger partial charge in [-0.1, -0.05) is 19.8 Å². The number of hydrogen-bond donors (Lipinski definition) is 0. The van der Waals surface area contributed by atoms with Gasteiger partial charge in [-0.05, 0) is 26.7 Å². The van der Waals surface area contributed by atoms with Gasteiger partial charge in [-0.2, -0.15) is 13.2 Å². The molecular formula is C19H25F3N4O5. The van der Waals surface area contributed by atoms with Crippen molar-refractivity contribution in [2.75, 3.05) is 29.4 Å². The van der Waals surface area contributed by atoms with Gasteiger partial charge in [0, 0.05) is 31.6 Å². The highest BCUT2D eigenvalue weighted by molar-refractivity contribution is 6.03. The highest BCUT2D eigenvalue weighted by Crippen LogP contribution is 2.52. The topological polar surface area (TPSA) is 110 Å². The van der Waals surface area contributed by atoms with Crippen molar-refractivity contribution < 1.29 is 27.8 Å². The molecule has 0 N–H and O–H groups in total. The fraction of sp³-hybridized carbons (Fsp3) is 0.632. The molecule has 1 amide bonds. The van der Waals surface area contributed by atoms with Crippen LogP contribution < -0.4 is 9.80 Å². The van der Waals surface area contributed by atoms with Gasteiger partial charge in [0.2, 0.25) is 5.91 Å². The van der Waals surface area contributed by atoms with Gasteiger partial charge in [-0.15, -0.1) is 0 Å².